The van der Waals surface area contributed by atoms with Gasteiger partial charge in [0.15, 0.2) is 11.5 Å². The summed E-state index contributed by atoms with van der Waals surface area (Å²) < 4.78 is 12.9. The lowest BCUT2D eigenvalue weighted by Gasteiger charge is -2.10. The summed E-state index contributed by atoms with van der Waals surface area (Å²) in [6.07, 6.45) is 4.07. The molecule has 0 aliphatic heterocycles. The first kappa shape index (κ1) is 22.7. The number of unbranched alkanes of at least 4 members (excludes halogenated alkanes) is 1. The number of hydrogen-bond donors (Lipinski definition) is 0. The highest BCUT2D eigenvalue weighted by Gasteiger charge is 2.12. The third kappa shape index (κ3) is 5.12. The third-order valence-corrected chi connectivity index (χ3v) is 6.14. The number of nitrogens with zero attached hydrogens (tertiary/aromatic N) is 3. The van der Waals surface area contributed by atoms with Gasteiger partial charge in [0.2, 0.25) is 4.96 Å². The van der Waals surface area contributed by atoms with Crippen LogP contribution in [-0.2, 0) is 6.42 Å². The van der Waals surface area contributed by atoms with Crippen LogP contribution in [0.25, 0.3) is 11.0 Å². The molecule has 4 aromatic rings. The van der Waals surface area contributed by atoms with Crippen molar-refractivity contribution >= 4 is 22.4 Å². The fraction of sp³-hybridized carbons (Fsp3) is 0.280. The molecular formula is C25H25N3O4S. The summed E-state index contributed by atoms with van der Waals surface area (Å²) in [5.74, 6) is 1.26. The summed E-state index contributed by atoms with van der Waals surface area (Å²) in [5.41, 5.74) is 2.37. The van der Waals surface area contributed by atoms with Crippen molar-refractivity contribution in [2.45, 2.75) is 33.1 Å². The zero-order chi connectivity index (χ0) is 23.4. The van der Waals surface area contributed by atoms with Crippen molar-refractivity contribution in [3.8, 4) is 11.5 Å². The highest BCUT2D eigenvalue weighted by atomic mass is 32.1. The van der Waals surface area contributed by atoms with Crippen molar-refractivity contribution in [1.82, 2.24) is 14.6 Å². The number of hydrogen-bond acceptors (Lipinski definition) is 7. The van der Waals surface area contributed by atoms with Crippen LogP contribution < -0.4 is 25.1 Å². The molecule has 0 N–H and O–H groups in total. The molecule has 0 amide bonds. The molecule has 0 bridgehead atoms. The summed E-state index contributed by atoms with van der Waals surface area (Å²) in [6.45, 7) is 4.72. The summed E-state index contributed by atoms with van der Waals surface area (Å²) >= 11 is 1.13. The lowest BCUT2D eigenvalue weighted by molar-refractivity contribution is 0.288. The van der Waals surface area contributed by atoms with Crippen LogP contribution in [0.5, 0.6) is 11.5 Å². The molecule has 0 unspecified atom stereocenters. The molecule has 33 heavy (non-hydrogen) atoms. The lowest BCUT2D eigenvalue weighted by atomic mass is 10.1. The minimum absolute atomic E-state index is 0.244. The van der Waals surface area contributed by atoms with Crippen molar-refractivity contribution in [3.05, 3.63) is 90.1 Å². The molecule has 0 fully saturated rings. The van der Waals surface area contributed by atoms with Crippen LogP contribution in [0.2, 0.25) is 0 Å². The number of aromatic nitrogens is 3. The Bertz CT molecular complexity index is 1440. The number of aryl methyl sites for hydroxylation is 1. The molecule has 0 saturated carbocycles. The zero-order valence-corrected chi connectivity index (χ0v) is 19.6. The van der Waals surface area contributed by atoms with Crippen LogP contribution in [-0.4, -0.2) is 28.3 Å². The van der Waals surface area contributed by atoms with E-state index < -0.39 is 5.56 Å². The molecule has 170 valence electrons. The van der Waals surface area contributed by atoms with Crippen molar-refractivity contribution < 1.29 is 9.47 Å². The van der Waals surface area contributed by atoms with Crippen molar-refractivity contribution in [3.63, 3.8) is 0 Å². The Balaban J connectivity index is 1.68. The number of ether oxygens (including phenoxy) is 2. The van der Waals surface area contributed by atoms with Gasteiger partial charge in [-0.25, -0.2) is 0 Å². The summed E-state index contributed by atoms with van der Waals surface area (Å²) in [4.78, 5) is 29.8. The number of thiazole rings is 1. The predicted octanol–water partition coefficient (Wildman–Crippen LogP) is 3.15. The molecule has 0 saturated heterocycles. The topological polar surface area (TPSA) is 82.8 Å². The van der Waals surface area contributed by atoms with E-state index in [0.717, 1.165) is 40.9 Å². The van der Waals surface area contributed by atoms with Gasteiger partial charge in [-0.3, -0.25) is 9.59 Å². The average Bonchev–Trinajstić information content (AvgIpc) is 3.10. The SMILES string of the molecule is CCCCOc1ccc(C=c2sc3nc(=O)c(Cc4ccc(C)cc4)nn3c2=O)cc1OC. The van der Waals surface area contributed by atoms with E-state index in [1.54, 1.807) is 13.2 Å². The van der Waals surface area contributed by atoms with E-state index >= 15 is 0 Å². The molecule has 0 aliphatic carbocycles. The second kappa shape index (κ2) is 9.95. The second-order valence-electron chi connectivity index (χ2n) is 7.75. The second-order valence-corrected chi connectivity index (χ2v) is 8.76. The van der Waals surface area contributed by atoms with Gasteiger partial charge >= 0.3 is 0 Å². The molecule has 2 aromatic heterocycles. The standard InChI is InChI=1S/C25H25N3O4S/c1-4-5-12-32-20-11-10-18(14-21(20)31-3)15-22-24(30)28-25(33-22)26-23(29)19(27-28)13-17-8-6-16(2)7-9-17/h6-11,14-15H,4-5,12-13H2,1-3H3. The third-order valence-electron chi connectivity index (χ3n) is 5.18. The van der Waals surface area contributed by atoms with Gasteiger partial charge < -0.3 is 9.47 Å². The number of methoxy groups -OCH3 is 1. The van der Waals surface area contributed by atoms with Crippen LogP contribution in [0.1, 0.15) is 42.1 Å². The Morgan fingerprint density at radius 1 is 1.09 bits per heavy atom. The first-order valence-electron chi connectivity index (χ1n) is 10.8. The van der Waals surface area contributed by atoms with Crippen molar-refractivity contribution in [2.75, 3.05) is 13.7 Å². The summed E-state index contributed by atoms with van der Waals surface area (Å²) in [7, 11) is 1.58. The minimum Gasteiger partial charge on any atom is -0.493 e. The van der Waals surface area contributed by atoms with Gasteiger partial charge in [0.1, 0.15) is 5.69 Å². The van der Waals surface area contributed by atoms with Crippen LogP contribution in [0, 0.1) is 6.92 Å². The normalized spacial score (nSPS) is 11.8. The number of rotatable bonds is 8. The predicted molar refractivity (Wildman–Crippen MR) is 130 cm³/mol. The van der Waals surface area contributed by atoms with E-state index in [1.807, 2.05) is 49.4 Å². The van der Waals surface area contributed by atoms with E-state index in [-0.39, 0.29) is 16.2 Å². The van der Waals surface area contributed by atoms with Crippen LogP contribution in [0.15, 0.2) is 52.1 Å². The van der Waals surface area contributed by atoms with E-state index in [1.165, 1.54) is 4.52 Å². The minimum atomic E-state index is -0.418. The molecular weight excluding hydrogens is 438 g/mol. The molecule has 4 rings (SSSR count). The van der Waals surface area contributed by atoms with Gasteiger partial charge in [-0.05, 0) is 42.7 Å². The molecule has 0 aliphatic rings. The Hall–Kier alpha value is -3.52. The van der Waals surface area contributed by atoms with E-state index in [4.69, 9.17) is 9.47 Å². The number of fused-ring (bicyclic) bond motifs is 1. The van der Waals surface area contributed by atoms with Gasteiger partial charge in [0.25, 0.3) is 11.1 Å². The Morgan fingerprint density at radius 3 is 2.61 bits per heavy atom. The Labute approximate surface area is 195 Å². The molecule has 7 nitrogen and oxygen atoms in total. The Morgan fingerprint density at radius 2 is 1.88 bits per heavy atom. The largest absolute Gasteiger partial charge is 0.493 e. The highest BCUT2D eigenvalue weighted by molar-refractivity contribution is 7.15. The first-order chi connectivity index (χ1) is 16.0. The van der Waals surface area contributed by atoms with Crippen LogP contribution >= 0.6 is 11.3 Å². The highest BCUT2D eigenvalue weighted by Crippen LogP contribution is 2.28. The molecule has 2 aromatic carbocycles. The summed E-state index contributed by atoms with van der Waals surface area (Å²) in [5, 5.41) is 4.32. The van der Waals surface area contributed by atoms with Gasteiger partial charge in [-0.2, -0.15) is 14.6 Å². The zero-order valence-electron chi connectivity index (χ0n) is 18.8. The average molecular weight is 464 g/mol. The maximum atomic E-state index is 13.0. The van der Waals surface area contributed by atoms with Gasteiger partial charge in [-0.15, -0.1) is 0 Å². The number of benzene rings is 2. The fourth-order valence-electron chi connectivity index (χ4n) is 3.32. The molecule has 0 atom stereocenters. The molecule has 2 heterocycles. The van der Waals surface area contributed by atoms with Gasteiger partial charge in [0, 0.05) is 6.42 Å². The Kier molecular flexibility index (Phi) is 6.84. The molecule has 0 spiro atoms. The molecule has 8 heteroatoms. The quantitative estimate of drug-likeness (QED) is 0.374. The smallest absolute Gasteiger partial charge is 0.296 e. The lowest BCUT2D eigenvalue weighted by Crippen LogP contribution is -2.28. The molecule has 0 radical (unpaired) electrons. The maximum Gasteiger partial charge on any atom is 0.296 e. The van der Waals surface area contributed by atoms with Crippen molar-refractivity contribution in [2.24, 2.45) is 0 Å². The van der Waals surface area contributed by atoms with Crippen molar-refractivity contribution in [1.29, 1.82) is 0 Å². The monoisotopic (exact) mass is 463 g/mol. The van der Waals surface area contributed by atoms with Gasteiger partial charge in [0.05, 0.1) is 18.2 Å². The van der Waals surface area contributed by atoms with Crippen LogP contribution in [0.4, 0.5) is 0 Å². The first-order valence-corrected chi connectivity index (χ1v) is 11.6. The van der Waals surface area contributed by atoms with Crippen LogP contribution in [0.3, 0.4) is 0 Å². The van der Waals surface area contributed by atoms with E-state index in [0.29, 0.717) is 29.1 Å². The van der Waals surface area contributed by atoms with E-state index in [2.05, 4.69) is 17.0 Å². The fourth-order valence-corrected chi connectivity index (χ4v) is 4.23. The maximum absolute atomic E-state index is 13.0. The van der Waals surface area contributed by atoms with Gasteiger partial charge in [-0.1, -0.05) is 60.6 Å². The van der Waals surface area contributed by atoms with E-state index in [9.17, 15) is 9.59 Å². The summed E-state index contributed by atoms with van der Waals surface area (Å²) in [6, 6.07) is 13.4.